The predicted molar refractivity (Wildman–Crippen MR) is 132 cm³/mol. The first kappa shape index (κ1) is 24.1. The zero-order chi connectivity index (χ0) is 25.3. The van der Waals surface area contributed by atoms with Crippen molar-refractivity contribution in [1.29, 1.82) is 0 Å². The summed E-state index contributed by atoms with van der Waals surface area (Å²) in [7, 11) is 0. The number of anilines is 1. The number of allylic oxidation sites excluding steroid dienone is 2. The lowest BCUT2D eigenvalue weighted by Crippen LogP contribution is -2.30. The van der Waals surface area contributed by atoms with Crippen LogP contribution in [0.2, 0.25) is 0 Å². The second-order valence-electron chi connectivity index (χ2n) is 9.40. The van der Waals surface area contributed by atoms with E-state index in [1.807, 2.05) is 18.2 Å². The number of nitrogens with one attached hydrogen (secondary N) is 2. The van der Waals surface area contributed by atoms with Gasteiger partial charge in [0.2, 0.25) is 0 Å². The van der Waals surface area contributed by atoms with Crippen molar-refractivity contribution in [1.82, 2.24) is 15.0 Å². The van der Waals surface area contributed by atoms with Crippen molar-refractivity contribution in [2.24, 2.45) is 0 Å². The van der Waals surface area contributed by atoms with E-state index in [2.05, 4.69) is 14.9 Å². The third-order valence-electron chi connectivity index (χ3n) is 7.05. The predicted octanol–water partition coefficient (Wildman–Crippen LogP) is 5.02. The molecule has 0 bridgehead atoms. The van der Waals surface area contributed by atoms with E-state index in [1.54, 1.807) is 12.1 Å². The molecule has 1 fully saturated rings. The molecule has 6 nitrogen and oxygen atoms in total. The van der Waals surface area contributed by atoms with E-state index in [0.717, 1.165) is 43.5 Å². The Morgan fingerprint density at radius 2 is 1.78 bits per heavy atom. The Morgan fingerprint density at radius 1 is 1.00 bits per heavy atom. The smallest absolute Gasteiger partial charge is 0.357 e. The molecule has 0 radical (unpaired) electrons. The van der Waals surface area contributed by atoms with Crippen LogP contribution in [0, 0.1) is 0 Å². The first-order valence-electron chi connectivity index (χ1n) is 12.2. The van der Waals surface area contributed by atoms with E-state index in [1.165, 1.54) is 12.1 Å². The molecule has 0 spiro atoms. The van der Waals surface area contributed by atoms with Crippen molar-refractivity contribution < 1.29 is 13.2 Å². The molecule has 1 aliphatic carbocycles. The third kappa shape index (κ3) is 5.01. The summed E-state index contributed by atoms with van der Waals surface area (Å²) in [5.74, 6) is 0.694. The lowest BCUT2D eigenvalue weighted by Gasteiger charge is -2.25. The molecule has 3 heterocycles. The average molecular weight is 497 g/mol. The first-order valence-corrected chi connectivity index (χ1v) is 12.2. The van der Waals surface area contributed by atoms with Gasteiger partial charge in [0.25, 0.3) is 5.56 Å². The number of hydrogen-bond donors (Lipinski definition) is 2. The molecule has 0 amide bonds. The largest absolute Gasteiger partial charge is 0.416 e. The van der Waals surface area contributed by atoms with Gasteiger partial charge in [-0.1, -0.05) is 30.3 Å². The fourth-order valence-corrected chi connectivity index (χ4v) is 5.27. The van der Waals surface area contributed by atoms with Crippen LogP contribution < -0.4 is 16.1 Å². The second-order valence-corrected chi connectivity index (χ2v) is 9.40. The molecule has 0 saturated carbocycles. The number of pyridine rings is 1. The van der Waals surface area contributed by atoms with Gasteiger partial charge in [-0.05, 0) is 61.4 Å². The Labute approximate surface area is 205 Å². The van der Waals surface area contributed by atoms with Gasteiger partial charge in [-0.25, -0.2) is 9.78 Å². The monoisotopic (exact) mass is 496 g/mol. The standard InChI is InChI=1S/C27H27F3N4O2/c28-27(29,30)22-8-2-1-7-20(22)17-10-12-18(13-11-17)24-21(25(35)33-26(36)32-24)16-19-6-5-9-23(31-19)34-14-3-4-15-34/h1-2,5-10,18H,3-4,11-16H2,(H2,32,33,35,36). The summed E-state index contributed by atoms with van der Waals surface area (Å²) in [5, 5.41) is 0. The van der Waals surface area contributed by atoms with Crippen LogP contribution in [0.15, 0.2) is 58.1 Å². The summed E-state index contributed by atoms with van der Waals surface area (Å²) < 4.78 is 40.5. The van der Waals surface area contributed by atoms with E-state index in [4.69, 9.17) is 4.98 Å². The summed E-state index contributed by atoms with van der Waals surface area (Å²) in [4.78, 5) is 37.1. The van der Waals surface area contributed by atoms with Crippen molar-refractivity contribution in [3.8, 4) is 0 Å². The summed E-state index contributed by atoms with van der Waals surface area (Å²) in [6.07, 6.45) is 1.23. The fraction of sp³-hybridized carbons (Fsp3) is 0.370. The van der Waals surface area contributed by atoms with E-state index < -0.39 is 23.0 Å². The average Bonchev–Trinajstić information content (AvgIpc) is 3.41. The highest BCUT2D eigenvalue weighted by atomic mass is 19.4. The maximum absolute atomic E-state index is 13.5. The molecule has 2 aliphatic rings. The highest BCUT2D eigenvalue weighted by Gasteiger charge is 2.34. The van der Waals surface area contributed by atoms with Crippen LogP contribution in [0.1, 0.15) is 66.1 Å². The second kappa shape index (κ2) is 9.79. The molecule has 9 heteroatoms. The van der Waals surface area contributed by atoms with E-state index in [-0.39, 0.29) is 17.9 Å². The Hall–Kier alpha value is -3.62. The zero-order valence-corrected chi connectivity index (χ0v) is 19.7. The van der Waals surface area contributed by atoms with Crippen LogP contribution in [0.3, 0.4) is 0 Å². The molecule has 1 aromatic carbocycles. The van der Waals surface area contributed by atoms with Crippen molar-refractivity contribution in [2.75, 3.05) is 18.0 Å². The Morgan fingerprint density at radius 3 is 2.50 bits per heavy atom. The molecular weight excluding hydrogens is 469 g/mol. The number of alkyl halides is 3. The van der Waals surface area contributed by atoms with Gasteiger partial charge >= 0.3 is 11.9 Å². The Balaban J connectivity index is 1.43. The van der Waals surface area contributed by atoms with Crippen LogP contribution in [0.4, 0.5) is 19.0 Å². The molecule has 1 aliphatic heterocycles. The number of halogens is 3. The summed E-state index contributed by atoms with van der Waals surface area (Å²) >= 11 is 0. The first-order chi connectivity index (χ1) is 17.3. The van der Waals surface area contributed by atoms with Crippen molar-refractivity contribution >= 4 is 11.4 Å². The van der Waals surface area contributed by atoms with Gasteiger partial charge in [0, 0.05) is 42.4 Å². The van der Waals surface area contributed by atoms with Crippen molar-refractivity contribution in [2.45, 2.75) is 50.6 Å². The van der Waals surface area contributed by atoms with Crippen molar-refractivity contribution in [3.05, 3.63) is 97.5 Å². The molecule has 3 aromatic rings. The molecule has 188 valence electrons. The molecule has 1 unspecified atom stereocenters. The van der Waals surface area contributed by atoms with E-state index in [9.17, 15) is 22.8 Å². The Kier molecular flexibility index (Phi) is 6.55. The minimum atomic E-state index is -4.43. The fourth-order valence-electron chi connectivity index (χ4n) is 5.27. The maximum atomic E-state index is 13.5. The summed E-state index contributed by atoms with van der Waals surface area (Å²) in [6.45, 7) is 1.91. The van der Waals surface area contributed by atoms with E-state index in [0.29, 0.717) is 36.1 Å². The number of aromatic nitrogens is 3. The number of H-pyrrole nitrogens is 2. The highest BCUT2D eigenvalue weighted by molar-refractivity contribution is 5.69. The molecule has 5 rings (SSSR count). The molecule has 1 saturated heterocycles. The minimum absolute atomic E-state index is 0.182. The van der Waals surface area contributed by atoms with Gasteiger partial charge < -0.3 is 9.88 Å². The third-order valence-corrected chi connectivity index (χ3v) is 7.05. The number of hydrogen-bond acceptors (Lipinski definition) is 4. The number of aromatic amines is 2. The topological polar surface area (TPSA) is 81.8 Å². The van der Waals surface area contributed by atoms with Crippen molar-refractivity contribution in [3.63, 3.8) is 0 Å². The minimum Gasteiger partial charge on any atom is -0.357 e. The normalized spacial score (nSPS) is 18.4. The molecular formula is C27H27F3N4O2. The van der Waals surface area contributed by atoms with E-state index >= 15 is 0 Å². The van der Waals surface area contributed by atoms with Crippen LogP contribution >= 0.6 is 0 Å². The number of rotatable bonds is 5. The van der Waals surface area contributed by atoms with Gasteiger partial charge in [0.15, 0.2) is 0 Å². The molecule has 2 N–H and O–H groups in total. The SMILES string of the molecule is O=c1[nH]c(C2CC=C(c3ccccc3C(F)(F)F)CC2)c(Cc2cccc(N3CCCC3)n2)c(=O)[nH]1. The van der Waals surface area contributed by atoms with Crippen LogP contribution in [0.25, 0.3) is 5.57 Å². The van der Waals surface area contributed by atoms with Gasteiger partial charge in [-0.2, -0.15) is 13.2 Å². The number of nitrogens with zero attached hydrogens (tertiary/aromatic N) is 2. The summed E-state index contributed by atoms with van der Waals surface area (Å²) in [5.41, 5.74) is 0.830. The van der Waals surface area contributed by atoms with Crippen LogP contribution in [-0.2, 0) is 12.6 Å². The molecule has 1 atom stereocenters. The van der Waals surface area contributed by atoms with Gasteiger partial charge in [-0.3, -0.25) is 9.78 Å². The van der Waals surface area contributed by atoms with Gasteiger partial charge in [0.1, 0.15) is 5.82 Å². The zero-order valence-electron chi connectivity index (χ0n) is 19.7. The van der Waals surface area contributed by atoms with Crippen LogP contribution in [-0.4, -0.2) is 28.0 Å². The maximum Gasteiger partial charge on any atom is 0.416 e. The van der Waals surface area contributed by atoms with Gasteiger partial charge in [-0.15, -0.1) is 0 Å². The quantitative estimate of drug-likeness (QED) is 0.520. The van der Waals surface area contributed by atoms with Crippen LogP contribution in [0.5, 0.6) is 0 Å². The lowest BCUT2D eigenvalue weighted by atomic mass is 9.82. The summed E-state index contributed by atoms with van der Waals surface area (Å²) in [6, 6.07) is 11.3. The molecule has 2 aromatic heterocycles. The van der Waals surface area contributed by atoms with Gasteiger partial charge in [0.05, 0.1) is 5.56 Å². The molecule has 36 heavy (non-hydrogen) atoms. The Bertz CT molecular complexity index is 1400. The highest BCUT2D eigenvalue weighted by Crippen LogP contribution is 2.41. The lowest BCUT2D eigenvalue weighted by molar-refractivity contribution is -0.137. The number of benzene rings is 1.